The lowest BCUT2D eigenvalue weighted by atomic mass is 9.89. The molecule has 1 aliphatic heterocycles. The Bertz CT molecular complexity index is 794. The van der Waals surface area contributed by atoms with Crippen molar-refractivity contribution < 1.29 is 24.4 Å². The van der Waals surface area contributed by atoms with Crippen LogP contribution < -0.4 is 0 Å². The van der Waals surface area contributed by atoms with Crippen LogP contribution in [-0.4, -0.2) is 49.4 Å². The molecule has 1 saturated heterocycles. The average Bonchev–Trinajstić information content (AvgIpc) is 2.72. The molecule has 1 aliphatic rings. The van der Waals surface area contributed by atoms with Gasteiger partial charge < -0.3 is 24.4 Å². The molecule has 0 aromatic heterocycles. The molecule has 0 saturated carbocycles. The Morgan fingerprint density at radius 2 is 1.79 bits per heavy atom. The van der Waals surface area contributed by atoms with E-state index in [1.165, 1.54) is 19.8 Å². The molecule has 6 heteroatoms. The van der Waals surface area contributed by atoms with Gasteiger partial charge in [-0.1, -0.05) is 48.9 Å². The van der Waals surface area contributed by atoms with Crippen LogP contribution in [0, 0.1) is 0 Å². The molecular weight excluding hydrogens is 380 g/mol. The van der Waals surface area contributed by atoms with Gasteiger partial charge in [-0.2, -0.15) is 0 Å². The van der Waals surface area contributed by atoms with Crippen molar-refractivity contribution in [3.05, 3.63) is 69.7 Å². The van der Waals surface area contributed by atoms with Gasteiger partial charge in [-0.05, 0) is 41.7 Å². The van der Waals surface area contributed by atoms with Crippen molar-refractivity contribution >= 4 is 11.6 Å². The van der Waals surface area contributed by atoms with Crippen molar-refractivity contribution in [2.24, 2.45) is 0 Å². The maximum Gasteiger partial charge on any atom is 0.224 e. The minimum absolute atomic E-state index is 0.0642. The Kier molecular flexibility index (Phi) is 6.76. The molecule has 1 heterocycles. The summed E-state index contributed by atoms with van der Waals surface area (Å²) in [6, 6.07) is 13.9. The molecule has 0 amide bonds. The Morgan fingerprint density at radius 1 is 1.11 bits per heavy atom. The number of ether oxygens (including phenoxy) is 3. The first-order valence-electron chi connectivity index (χ1n) is 9.40. The van der Waals surface area contributed by atoms with Gasteiger partial charge in [-0.25, -0.2) is 0 Å². The third-order valence-electron chi connectivity index (χ3n) is 5.38. The largest absolute Gasteiger partial charge is 0.388 e. The van der Waals surface area contributed by atoms with E-state index in [-0.39, 0.29) is 6.61 Å². The second-order valence-electron chi connectivity index (χ2n) is 7.05. The summed E-state index contributed by atoms with van der Waals surface area (Å²) in [7, 11) is 2.95. The van der Waals surface area contributed by atoms with E-state index in [4.69, 9.17) is 25.8 Å². The van der Waals surface area contributed by atoms with E-state index in [1.54, 1.807) is 12.1 Å². The van der Waals surface area contributed by atoms with Gasteiger partial charge in [0, 0.05) is 24.8 Å². The summed E-state index contributed by atoms with van der Waals surface area (Å²) >= 11 is 6.45. The second-order valence-corrected chi connectivity index (χ2v) is 7.46. The molecule has 28 heavy (non-hydrogen) atoms. The smallest absolute Gasteiger partial charge is 0.224 e. The van der Waals surface area contributed by atoms with Crippen molar-refractivity contribution in [1.29, 1.82) is 0 Å². The van der Waals surface area contributed by atoms with Crippen molar-refractivity contribution in [3.8, 4) is 0 Å². The predicted octanol–water partition coefficient (Wildman–Crippen LogP) is 3.06. The number of methoxy groups -OCH3 is 2. The van der Waals surface area contributed by atoms with Crippen LogP contribution in [0.3, 0.4) is 0 Å². The van der Waals surface area contributed by atoms with E-state index in [0.29, 0.717) is 17.0 Å². The topological polar surface area (TPSA) is 68.2 Å². The van der Waals surface area contributed by atoms with Crippen molar-refractivity contribution in [3.63, 3.8) is 0 Å². The Hall–Kier alpha value is -1.47. The van der Waals surface area contributed by atoms with E-state index in [1.807, 2.05) is 6.07 Å². The van der Waals surface area contributed by atoms with Crippen LogP contribution in [0.15, 0.2) is 42.5 Å². The van der Waals surface area contributed by atoms with E-state index in [9.17, 15) is 10.2 Å². The van der Waals surface area contributed by atoms with Gasteiger partial charge in [0.25, 0.3) is 0 Å². The summed E-state index contributed by atoms with van der Waals surface area (Å²) in [5.41, 5.74) is 4.02. The molecule has 0 bridgehead atoms. The highest BCUT2D eigenvalue weighted by Gasteiger charge is 2.52. The molecule has 0 spiro atoms. The zero-order valence-electron chi connectivity index (χ0n) is 16.4. The quantitative estimate of drug-likeness (QED) is 0.771. The summed E-state index contributed by atoms with van der Waals surface area (Å²) in [4.78, 5) is 0. The van der Waals surface area contributed by atoms with Gasteiger partial charge in [0.05, 0.1) is 6.61 Å². The molecule has 2 N–H and O–H groups in total. The fraction of sp³-hybridized carbons (Fsp3) is 0.455. The first-order valence-corrected chi connectivity index (χ1v) is 9.77. The highest BCUT2D eigenvalue weighted by molar-refractivity contribution is 6.31. The van der Waals surface area contributed by atoms with Gasteiger partial charge >= 0.3 is 0 Å². The maximum atomic E-state index is 10.4. The summed E-state index contributed by atoms with van der Waals surface area (Å²) in [6.45, 7) is 2.06. The lowest BCUT2D eigenvalue weighted by molar-refractivity contribution is -0.344. The van der Waals surface area contributed by atoms with Crippen molar-refractivity contribution in [2.45, 2.75) is 43.9 Å². The van der Waals surface area contributed by atoms with Gasteiger partial charge in [-0.15, -0.1) is 0 Å². The number of benzene rings is 2. The van der Waals surface area contributed by atoms with Crippen LogP contribution in [0.4, 0.5) is 0 Å². The number of hydrogen-bond donors (Lipinski definition) is 2. The van der Waals surface area contributed by atoms with Crippen LogP contribution in [0.5, 0.6) is 0 Å². The van der Waals surface area contributed by atoms with E-state index in [0.717, 1.165) is 17.5 Å². The fourth-order valence-electron chi connectivity index (χ4n) is 3.69. The van der Waals surface area contributed by atoms with Crippen LogP contribution >= 0.6 is 11.6 Å². The molecular formula is C22H27ClO5. The summed E-state index contributed by atoms with van der Waals surface area (Å²) in [5, 5.41) is 21.0. The number of halogens is 1. The molecule has 1 unspecified atom stereocenters. The Labute approximate surface area is 170 Å². The highest BCUT2D eigenvalue weighted by atomic mass is 35.5. The van der Waals surface area contributed by atoms with Crippen molar-refractivity contribution in [2.75, 3.05) is 20.8 Å². The SMILES string of the molecule is CCc1ccc(Cc2cc(C3(OC)OC[C@@H](O)[C@H](O)[C@H]3OC)ccc2Cl)cc1. The molecule has 0 radical (unpaired) electrons. The predicted molar refractivity (Wildman–Crippen MR) is 108 cm³/mol. The van der Waals surface area contributed by atoms with Crippen LogP contribution in [0.2, 0.25) is 5.02 Å². The molecule has 5 nitrogen and oxygen atoms in total. The van der Waals surface area contributed by atoms with Crippen molar-refractivity contribution in [1.82, 2.24) is 0 Å². The normalized spacial score (nSPS) is 27.7. The summed E-state index contributed by atoms with van der Waals surface area (Å²) in [6.07, 6.45) is -1.42. The zero-order valence-corrected chi connectivity index (χ0v) is 17.1. The summed E-state index contributed by atoms with van der Waals surface area (Å²) < 4.78 is 17.0. The first kappa shape index (κ1) is 21.2. The minimum atomic E-state index is -1.33. The molecule has 1 fully saturated rings. The van der Waals surface area contributed by atoms with Crippen LogP contribution in [0.1, 0.15) is 29.2 Å². The third-order valence-corrected chi connectivity index (χ3v) is 5.75. The van der Waals surface area contributed by atoms with E-state index in [2.05, 4.69) is 31.2 Å². The number of hydrogen-bond acceptors (Lipinski definition) is 5. The zero-order chi connectivity index (χ0) is 20.3. The number of aliphatic hydroxyl groups excluding tert-OH is 2. The Balaban J connectivity index is 1.96. The van der Waals surface area contributed by atoms with Gasteiger partial charge in [-0.3, -0.25) is 0 Å². The monoisotopic (exact) mass is 406 g/mol. The van der Waals surface area contributed by atoms with Gasteiger partial charge in [0.2, 0.25) is 5.79 Å². The molecule has 3 rings (SSSR count). The number of aryl methyl sites for hydroxylation is 1. The maximum absolute atomic E-state index is 10.4. The number of rotatable bonds is 6. The molecule has 0 aliphatic carbocycles. The lowest BCUT2D eigenvalue weighted by Gasteiger charge is -2.46. The molecule has 152 valence electrons. The lowest BCUT2D eigenvalue weighted by Crippen LogP contribution is -2.60. The van der Waals surface area contributed by atoms with Gasteiger partial charge in [0.1, 0.15) is 18.3 Å². The minimum Gasteiger partial charge on any atom is -0.388 e. The number of aliphatic hydroxyl groups is 2. The van der Waals surface area contributed by atoms with Gasteiger partial charge in [0.15, 0.2) is 0 Å². The van der Waals surface area contributed by atoms with E-state index < -0.39 is 24.1 Å². The van der Waals surface area contributed by atoms with Crippen LogP contribution in [0.25, 0.3) is 0 Å². The first-order chi connectivity index (χ1) is 13.4. The Morgan fingerprint density at radius 3 is 2.39 bits per heavy atom. The average molecular weight is 407 g/mol. The standard InChI is InChI=1S/C22H27ClO5/c1-4-14-5-7-15(8-6-14)11-16-12-17(9-10-18(16)23)22(27-3)21(26-2)20(25)19(24)13-28-22/h5-10,12,19-21,24-25H,4,11,13H2,1-3H3/t19-,20+,21-,22?/m1/s1. The second kappa shape index (κ2) is 8.91. The third kappa shape index (κ3) is 3.96. The van der Waals surface area contributed by atoms with E-state index >= 15 is 0 Å². The highest BCUT2D eigenvalue weighted by Crippen LogP contribution is 2.39. The summed E-state index contributed by atoms with van der Waals surface area (Å²) in [5.74, 6) is -1.33. The molecule has 2 aromatic carbocycles. The fourth-order valence-corrected chi connectivity index (χ4v) is 3.88. The van der Waals surface area contributed by atoms with Crippen LogP contribution in [-0.2, 0) is 32.8 Å². The molecule has 2 aromatic rings. The molecule has 4 atom stereocenters.